The zero-order chi connectivity index (χ0) is 19.4. The molecule has 3 rings (SSSR count). The molecule has 4 N–H and O–H groups in total. The number of nitrogens with zero attached hydrogens (tertiary/aromatic N) is 2. The van der Waals surface area contributed by atoms with Gasteiger partial charge in [-0.1, -0.05) is 37.3 Å². The van der Waals surface area contributed by atoms with Crippen LogP contribution in [0.1, 0.15) is 18.7 Å². The number of ether oxygens (including phenoxy) is 1. The van der Waals surface area contributed by atoms with Crippen molar-refractivity contribution >= 4 is 5.82 Å². The molecule has 0 radical (unpaired) electrons. The second-order valence-electron chi connectivity index (χ2n) is 6.47. The monoisotopic (exact) mass is 377 g/mol. The van der Waals surface area contributed by atoms with Crippen molar-refractivity contribution in [2.24, 2.45) is 5.92 Å². The van der Waals surface area contributed by atoms with Crippen molar-refractivity contribution in [3.8, 4) is 0 Å². The Balaban J connectivity index is 1.68. The van der Waals surface area contributed by atoms with Crippen LogP contribution in [0.15, 0.2) is 47.4 Å². The molecule has 2 aromatic rings. The lowest BCUT2D eigenvalue weighted by molar-refractivity contribution is -0.229. The SMILES string of the molecule is CC1C(O)C(O)C(CO)OC1n1ccc(NOCc2ccccc2)nc1=O. The van der Waals surface area contributed by atoms with Gasteiger partial charge in [-0.2, -0.15) is 4.98 Å². The van der Waals surface area contributed by atoms with Gasteiger partial charge < -0.3 is 20.1 Å². The van der Waals surface area contributed by atoms with Gasteiger partial charge in [0.2, 0.25) is 0 Å². The first kappa shape index (κ1) is 19.5. The quantitative estimate of drug-likeness (QED) is 0.520. The van der Waals surface area contributed by atoms with Gasteiger partial charge in [-0.15, -0.1) is 0 Å². The summed E-state index contributed by atoms with van der Waals surface area (Å²) in [4.78, 5) is 21.6. The lowest BCUT2D eigenvalue weighted by Gasteiger charge is -2.41. The van der Waals surface area contributed by atoms with Crippen molar-refractivity contribution in [1.82, 2.24) is 9.55 Å². The number of benzene rings is 1. The fraction of sp³-hybridized carbons (Fsp3) is 0.444. The van der Waals surface area contributed by atoms with Crippen molar-refractivity contribution in [3.05, 3.63) is 58.6 Å². The van der Waals surface area contributed by atoms with Crippen LogP contribution < -0.4 is 11.2 Å². The second-order valence-corrected chi connectivity index (χ2v) is 6.47. The molecule has 1 saturated heterocycles. The molecule has 2 heterocycles. The third kappa shape index (κ3) is 4.34. The molecular weight excluding hydrogens is 354 g/mol. The minimum absolute atomic E-state index is 0.231. The Labute approximate surface area is 155 Å². The van der Waals surface area contributed by atoms with E-state index in [1.165, 1.54) is 16.8 Å². The van der Waals surface area contributed by atoms with Crippen molar-refractivity contribution in [1.29, 1.82) is 0 Å². The van der Waals surface area contributed by atoms with Crippen LogP contribution in [0.25, 0.3) is 0 Å². The maximum Gasteiger partial charge on any atom is 0.351 e. The van der Waals surface area contributed by atoms with Crippen molar-refractivity contribution < 1.29 is 24.9 Å². The van der Waals surface area contributed by atoms with E-state index < -0.39 is 42.8 Å². The Bertz CT molecular complexity index is 797. The fourth-order valence-electron chi connectivity index (χ4n) is 2.98. The predicted octanol–water partition coefficient (Wildman–Crippen LogP) is 0.0346. The number of hydrogen-bond donors (Lipinski definition) is 4. The molecule has 1 aliphatic rings. The van der Waals surface area contributed by atoms with E-state index in [0.717, 1.165) is 5.56 Å². The summed E-state index contributed by atoms with van der Waals surface area (Å²) in [5.41, 5.74) is 2.97. The van der Waals surface area contributed by atoms with Gasteiger partial charge in [0.15, 0.2) is 5.82 Å². The minimum atomic E-state index is -1.22. The maximum atomic E-state index is 12.4. The smallest absolute Gasteiger partial charge is 0.351 e. The molecular formula is C18H23N3O6. The van der Waals surface area contributed by atoms with Crippen LogP contribution in [-0.4, -0.2) is 49.8 Å². The van der Waals surface area contributed by atoms with Crippen molar-refractivity contribution in [3.63, 3.8) is 0 Å². The molecule has 5 atom stereocenters. The highest BCUT2D eigenvalue weighted by Crippen LogP contribution is 2.32. The first-order valence-electron chi connectivity index (χ1n) is 8.64. The highest BCUT2D eigenvalue weighted by Gasteiger charge is 2.42. The third-order valence-corrected chi connectivity index (χ3v) is 4.58. The van der Waals surface area contributed by atoms with Crippen LogP contribution >= 0.6 is 0 Å². The first-order chi connectivity index (χ1) is 13.0. The molecule has 0 spiro atoms. The zero-order valence-electron chi connectivity index (χ0n) is 14.8. The molecule has 5 unspecified atom stereocenters. The van der Waals surface area contributed by atoms with Gasteiger partial charge in [0.25, 0.3) is 0 Å². The summed E-state index contributed by atoms with van der Waals surface area (Å²) in [6, 6.07) is 11.1. The highest BCUT2D eigenvalue weighted by atomic mass is 16.6. The Morgan fingerprint density at radius 2 is 1.96 bits per heavy atom. The summed E-state index contributed by atoms with van der Waals surface area (Å²) in [6.07, 6.45) is -2.75. The average Bonchev–Trinajstić information content (AvgIpc) is 2.68. The topological polar surface area (TPSA) is 126 Å². The van der Waals surface area contributed by atoms with Gasteiger partial charge >= 0.3 is 5.69 Å². The lowest BCUT2D eigenvalue weighted by Crippen LogP contribution is -2.54. The van der Waals surface area contributed by atoms with E-state index in [2.05, 4.69) is 10.5 Å². The van der Waals surface area contributed by atoms with Crippen molar-refractivity contribution in [2.75, 3.05) is 12.1 Å². The van der Waals surface area contributed by atoms with E-state index in [9.17, 15) is 20.1 Å². The van der Waals surface area contributed by atoms with Crippen LogP contribution in [-0.2, 0) is 16.2 Å². The number of rotatable bonds is 6. The van der Waals surface area contributed by atoms with E-state index in [4.69, 9.17) is 9.57 Å². The molecule has 1 aromatic carbocycles. The van der Waals surface area contributed by atoms with Gasteiger partial charge in [-0.05, 0) is 11.6 Å². The van der Waals surface area contributed by atoms with E-state index in [-0.39, 0.29) is 5.82 Å². The van der Waals surface area contributed by atoms with Crippen LogP contribution in [0.2, 0.25) is 0 Å². The normalized spacial score (nSPS) is 28.1. The standard InChI is InChI=1S/C18H23N3O6/c1-11-15(23)16(24)13(9-22)27-17(11)21-8-7-14(19-18(21)25)20-26-10-12-5-3-2-4-6-12/h2-8,11,13,15-17,22-24H,9-10H2,1H3,(H,19,20,25). The molecule has 1 fully saturated rings. The maximum absolute atomic E-state index is 12.4. The zero-order valence-corrected chi connectivity index (χ0v) is 14.8. The molecule has 9 heteroatoms. The number of hydrogen-bond acceptors (Lipinski definition) is 8. The van der Waals surface area contributed by atoms with Crippen LogP contribution in [0.4, 0.5) is 5.82 Å². The lowest BCUT2D eigenvalue weighted by atomic mass is 9.91. The number of anilines is 1. The van der Waals surface area contributed by atoms with Gasteiger partial charge in [0, 0.05) is 12.1 Å². The molecule has 0 bridgehead atoms. The summed E-state index contributed by atoms with van der Waals surface area (Å²) < 4.78 is 6.80. The number of aromatic nitrogens is 2. The first-order valence-corrected chi connectivity index (χ1v) is 8.64. The summed E-state index contributed by atoms with van der Waals surface area (Å²) in [5.74, 6) is -0.342. The summed E-state index contributed by atoms with van der Waals surface area (Å²) in [5, 5.41) is 29.4. The molecule has 9 nitrogen and oxygen atoms in total. The summed E-state index contributed by atoms with van der Waals surface area (Å²) in [7, 11) is 0. The Morgan fingerprint density at radius 3 is 2.63 bits per heavy atom. The molecule has 0 aliphatic carbocycles. The fourth-order valence-corrected chi connectivity index (χ4v) is 2.98. The Hall–Kier alpha value is -2.30. The number of nitrogens with one attached hydrogen (secondary N) is 1. The highest BCUT2D eigenvalue weighted by molar-refractivity contribution is 5.29. The van der Waals surface area contributed by atoms with E-state index in [1.807, 2.05) is 30.3 Å². The van der Waals surface area contributed by atoms with Gasteiger partial charge in [-0.3, -0.25) is 9.40 Å². The van der Waals surface area contributed by atoms with Crippen molar-refractivity contribution in [2.45, 2.75) is 38.1 Å². The van der Waals surface area contributed by atoms with Gasteiger partial charge in [0.05, 0.1) is 19.3 Å². The van der Waals surface area contributed by atoms with Crippen LogP contribution in [0.5, 0.6) is 0 Å². The van der Waals surface area contributed by atoms with Gasteiger partial charge in [-0.25, -0.2) is 10.3 Å². The van der Waals surface area contributed by atoms with E-state index in [0.29, 0.717) is 6.61 Å². The summed E-state index contributed by atoms with van der Waals surface area (Å²) >= 11 is 0. The Kier molecular flexibility index (Phi) is 6.19. The third-order valence-electron chi connectivity index (χ3n) is 4.58. The molecule has 1 aromatic heterocycles. The molecule has 0 amide bonds. The van der Waals surface area contributed by atoms with Crippen LogP contribution in [0.3, 0.4) is 0 Å². The molecule has 27 heavy (non-hydrogen) atoms. The number of aliphatic hydroxyl groups excluding tert-OH is 3. The largest absolute Gasteiger partial charge is 0.394 e. The second kappa shape index (κ2) is 8.59. The Morgan fingerprint density at radius 1 is 1.22 bits per heavy atom. The van der Waals surface area contributed by atoms with E-state index in [1.54, 1.807) is 6.92 Å². The summed E-state index contributed by atoms with van der Waals surface area (Å²) in [6.45, 7) is 1.47. The number of aliphatic hydroxyl groups is 3. The van der Waals surface area contributed by atoms with E-state index >= 15 is 0 Å². The van der Waals surface area contributed by atoms with Crippen LogP contribution in [0, 0.1) is 5.92 Å². The molecule has 0 saturated carbocycles. The molecule has 1 aliphatic heterocycles. The minimum Gasteiger partial charge on any atom is -0.394 e. The molecule has 146 valence electrons. The average molecular weight is 377 g/mol. The predicted molar refractivity (Wildman–Crippen MR) is 95.5 cm³/mol. The van der Waals surface area contributed by atoms with Gasteiger partial charge in [0.1, 0.15) is 18.4 Å².